The number of para-hydroxylation sites is 2. The number of benzene rings is 1. The number of nitrogen functional groups attached to an aromatic ring is 1. The quantitative estimate of drug-likeness (QED) is 0.554. The van der Waals surface area contributed by atoms with Gasteiger partial charge in [-0.3, -0.25) is 9.98 Å². The second kappa shape index (κ2) is 5.07. The third-order valence-corrected chi connectivity index (χ3v) is 2.76. The zero-order valence-corrected chi connectivity index (χ0v) is 10.8. The first-order valence-corrected chi connectivity index (χ1v) is 5.49. The number of rotatable bonds is 2. The minimum atomic E-state index is -0.00381. The molecule has 0 radical (unpaired) electrons. The number of nitrogens with zero attached hydrogens (tertiary/aromatic N) is 3. The standard InChI is InChI=1S/C13H11N5.ClH/c14-12(15)9-4-3-7-16-13(9)18-8-17-10-5-1-2-6-11(10)18;/h1-8H,(H3,14,15);1H. The number of hydrogen-bond acceptors (Lipinski definition) is 3. The van der Waals surface area contributed by atoms with E-state index in [1.165, 1.54) is 0 Å². The molecular formula is C13H12ClN5. The van der Waals surface area contributed by atoms with Crippen molar-refractivity contribution in [2.24, 2.45) is 5.73 Å². The molecule has 0 spiro atoms. The van der Waals surface area contributed by atoms with E-state index in [1.54, 1.807) is 24.7 Å². The summed E-state index contributed by atoms with van der Waals surface area (Å²) < 4.78 is 1.84. The van der Waals surface area contributed by atoms with Gasteiger partial charge in [-0.05, 0) is 24.3 Å². The molecule has 3 rings (SSSR count). The summed E-state index contributed by atoms with van der Waals surface area (Å²) in [7, 11) is 0. The number of imidazole rings is 1. The van der Waals surface area contributed by atoms with Crippen LogP contribution in [0.15, 0.2) is 48.9 Å². The molecule has 0 saturated heterocycles. The van der Waals surface area contributed by atoms with Crippen molar-refractivity contribution >= 4 is 29.3 Å². The van der Waals surface area contributed by atoms with E-state index in [1.807, 2.05) is 28.8 Å². The minimum absolute atomic E-state index is 0. The Labute approximate surface area is 116 Å². The molecular weight excluding hydrogens is 262 g/mol. The second-order valence-electron chi connectivity index (χ2n) is 3.89. The van der Waals surface area contributed by atoms with Crippen LogP contribution in [0, 0.1) is 5.41 Å². The Kier molecular flexibility index (Phi) is 3.48. The van der Waals surface area contributed by atoms with Gasteiger partial charge in [0.2, 0.25) is 0 Å². The van der Waals surface area contributed by atoms with Gasteiger partial charge in [0, 0.05) is 6.20 Å². The van der Waals surface area contributed by atoms with E-state index in [4.69, 9.17) is 11.1 Å². The molecule has 2 heterocycles. The summed E-state index contributed by atoms with van der Waals surface area (Å²) in [6.07, 6.45) is 3.37. The van der Waals surface area contributed by atoms with Gasteiger partial charge in [-0.25, -0.2) is 9.97 Å². The van der Waals surface area contributed by atoms with E-state index < -0.39 is 0 Å². The van der Waals surface area contributed by atoms with Gasteiger partial charge < -0.3 is 5.73 Å². The normalized spacial score (nSPS) is 10.1. The number of hydrogen-bond donors (Lipinski definition) is 2. The highest BCUT2D eigenvalue weighted by molar-refractivity contribution is 5.98. The van der Waals surface area contributed by atoms with E-state index in [-0.39, 0.29) is 18.2 Å². The maximum Gasteiger partial charge on any atom is 0.149 e. The Hall–Kier alpha value is -2.40. The van der Waals surface area contributed by atoms with Crippen molar-refractivity contribution < 1.29 is 0 Å². The van der Waals surface area contributed by atoms with E-state index >= 15 is 0 Å². The van der Waals surface area contributed by atoms with Gasteiger partial charge in [-0.15, -0.1) is 12.4 Å². The first-order chi connectivity index (χ1) is 8.77. The van der Waals surface area contributed by atoms with Gasteiger partial charge in [-0.1, -0.05) is 12.1 Å². The average Bonchev–Trinajstić information content (AvgIpc) is 2.82. The fourth-order valence-electron chi connectivity index (χ4n) is 1.93. The molecule has 0 fully saturated rings. The molecule has 5 nitrogen and oxygen atoms in total. The number of nitrogens with two attached hydrogens (primary N) is 1. The highest BCUT2D eigenvalue weighted by Gasteiger charge is 2.10. The predicted molar refractivity (Wildman–Crippen MR) is 77.1 cm³/mol. The lowest BCUT2D eigenvalue weighted by molar-refractivity contribution is 1.01. The van der Waals surface area contributed by atoms with Gasteiger partial charge >= 0.3 is 0 Å². The topological polar surface area (TPSA) is 80.6 Å². The van der Waals surface area contributed by atoms with Gasteiger partial charge in [0.15, 0.2) is 0 Å². The molecule has 2 aromatic heterocycles. The molecule has 6 heteroatoms. The van der Waals surface area contributed by atoms with Crippen LogP contribution in [-0.2, 0) is 0 Å². The molecule has 0 bridgehead atoms. The molecule has 19 heavy (non-hydrogen) atoms. The van der Waals surface area contributed by atoms with Crippen molar-refractivity contribution in [1.82, 2.24) is 14.5 Å². The van der Waals surface area contributed by atoms with Crippen LogP contribution in [0.4, 0.5) is 0 Å². The predicted octanol–water partition coefficient (Wildman–Crippen LogP) is 2.13. The van der Waals surface area contributed by atoms with Crippen LogP contribution in [-0.4, -0.2) is 20.4 Å². The summed E-state index contributed by atoms with van der Waals surface area (Å²) >= 11 is 0. The Balaban J connectivity index is 0.00000133. The van der Waals surface area contributed by atoms with Crippen LogP contribution >= 0.6 is 12.4 Å². The second-order valence-corrected chi connectivity index (χ2v) is 3.89. The maximum atomic E-state index is 7.59. The molecule has 96 valence electrons. The van der Waals surface area contributed by atoms with Crippen LogP contribution in [0.25, 0.3) is 16.9 Å². The van der Waals surface area contributed by atoms with Crippen molar-refractivity contribution in [2.75, 3.05) is 0 Å². The van der Waals surface area contributed by atoms with Crippen molar-refractivity contribution in [3.63, 3.8) is 0 Å². The number of aromatic nitrogens is 3. The van der Waals surface area contributed by atoms with E-state index in [9.17, 15) is 0 Å². The van der Waals surface area contributed by atoms with Crippen LogP contribution in [0.5, 0.6) is 0 Å². The number of halogens is 1. The molecule has 0 aliphatic rings. The smallest absolute Gasteiger partial charge is 0.149 e. The third-order valence-electron chi connectivity index (χ3n) is 2.76. The lowest BCUT2D eigenvalue weighted by Crippen LogP contribution is -2.15. The van der Waals surface area contributed by atoms with Crippen molar-refractivity contribution in [2.45, 2.75) is 0 Å². The van der Waals surface area contributed by atoms with Crippen LogP contribution in [0.1, 0.15) is 5.56 Å². The first-order valence-electron chi connectivity index (χ1n) is 5.49. The SMILES string of the molecule is Cl.N=C(N)c1cccnc1-n1cnc2ccccc21. The lowest BCUT2D eigenvalue weighted by atomic mass is 10.2. The fraction of sp³-hybridized carbons (Fsp3) is 0. The summed E-state index contributed by atoms with van der Waals surface area (Å²) in [5.41, 5.74) is 8.00. The largest absolute Gasteiger partial charge is 0.384 e. The molecule has 3 aromatic rings. The lowest BCUT2D eigenvalue weighted by Gasteiger charge is -2.08. The van der Waals surface area contributed by atoms with Gasteiger partial charge in [0.05, 0.1) is 16.6 Å². The zero-order valence-electron chi connectivity index (χ0n) is 9.95. The van der Waals surface area contributed by atoms with E-state index in [0.717, 1.165) is 11.0 Å². The van der Waals surface area contributed by atoms with Crippen molar-refractivity contribution in [1.29, 1.82) is 5.41 Å². The average molecular weight is 274 g/mol. The van der Waals surface area contributed by atoms with Gasteiger partial charge in [-0.2, -0.15) is 0 Å². The Bertz CT molecular complexity index is 734. The summed E-state index contributed by atoms with van der Waals surface area (Å²) in [5.74, 6) is 0.620. The molecule has 0 atom stereocenters. The molecule has 0 aliphatic heterocycles. The first kappa shape index (κ1) is 13.0. The summed E-state index contributed by atoms with van der Waals surface area (Å²) in [4.78, 5) is 8.60. The monoisotopic (exact) mass is 273 g/mol. The Morgan fingerprint density at radius 2 is 1.89 bits per heavy atom. The number of nitrogens with one attached hydrogen (secondary N) is 1. The molecule has 3 N–H and O–H groups in total. The van der Waals surface area contributed by atoms with Crippen LogP contribution < -0.4 is 5.73 Å². The van der Waals surface area contributed by atoms with E-state index in [2.05, 4.69) is 9.97 Å². The summed E-state index contributed by atoms with van der Waals surface area (Å²) in [6, 6.07) is 11.3. The number of pyridine rings is 1. The highest BCUT2D eigenvalue weighted by atomic mass is 35.5. The van der Waals surface area contributed by atoms with Gasteiger partial charge in [0.1, 0.15) is 18.0 Å². The fourth-order valence-corrected chi connectivity index (χ4v) is 1.93. The highest BCUT2D eigenvalue weighted by Crippen LogP contribution is 2.18. The Morgan fingerprint density at radius 1 is 1.11 bits per heavy atom. The van der Waals surface area contributed by atoms with Crippen LogP contribution in [0.3, 0.4) is 0 Å². The zero-order chi connectivity index (χ0) is 12.5. The third kappa shape index (κ3) is 2.15. The minimum Gasteiger partial charge on any atom is -0.384 e. The summed E-state index contributed by atoms with van der Waals surface area (Å²) in [6.45, 7) is 0. The van der Waals surface area contributed by atoms with E-state index in [0.29, 0.717) is 11.4 Å². The maximum absolute atomic E-state index is 7.59. The number of amidine groups is 1. The molecule has 0 saturated carbocycles. The molecule has 1 aromatic carbocycles. The summed E-state index contributed by atoms with van der Waals surface area (Å²) in [5, 5.41) is 7.59. The Morgan fingerprint density at radius 3 is 2.68 bits per heavy atom. The van der Waals surface area contributed by atoms with Crippen molar-refractivity contribution in [3.05, 3.63) is 54.5 Å². The van der Waals surface area contributed by atoms with Gasteiger partial charge in [0.25, 0.3) is 0 Å². The molecule has 0 aliphatic carbocycles. The van der Waals surface area contributed by atoms with Crippen LogP contribution in [0.2, 0.25) is 0 Å². The number of fused-ring (bicyclic) bond motifs is 1. The molecule has 0 unspecified atom stereocenters. The van der Waals surface area contributed by atoms with Crippen molar-refractivity contribution in [3.8, 4) is 5.82 Å². The molecule has 0 amide bonds.